The van der Waals surface area contributed by atoms with Crippen LogP contribution in [-0.2, 0) is 20.8 Å². The van der Waals surface area contributed by atoms with Crippen molar-refractivity contribution >= 4 is 22.5 Å². The molecule has 1 fully saturated rings. The van der Waals surface area contributed by atoms with Crippen molar-refractivity contribution in [2.24, 2.45) is 0 Å². The Labute approximate surface area is 230 Å². The van der Waals surface area contributed by atoms with E-state index in [1.165, 1.54) is 0 Å². The molecule has 0 amide bonds. The van der Waals surface area contributed by atoms with Gasteiger partial charge in [0.1, 0.15) is 17.9 Å². The number of fused-ring (bicyclic) bond motifs is 1. The second-order valence-corrected chi connectivity index (χ2v) is 9.41. The van der Waals surface area contributed by atoms with Crippen LogP contribution in [0.4, 0.5) is 11.5 Å². The molecule has 6 rings (SSSR count). The van der Waals surface area contributed by atoms with E-state index in [2.05, 4.69) is 25.6 Å². The smallest absolute Gasteiger partial charge is 0.186 e. The molecule has 5 aromatic rings. The molecule has 0 radical (unpaired) electrons. The summed E-state index contributed by atoms with van der Waals surface area (Å²) in [6.07, 6.45) is 3.25. The van der Waals surface area contributed by atoms with Crippen LogP contribution in [0.25, 0.3) is 28.1 Å². The molecule has 0 spiro atoms. The van der Waals surface area contributed by atoms with Crippen molar-refractivity contribution in [3.63, 3.8) is 0 Å². The van der Waals surface area contributed by atoms with E-state index >= 15 is 0 Å². The fraction of sp³-hybridized carbons (Fsp3) is 0.321. The van der Waals surface area contributed by atoms with E-state index in [1.54, 1.807) is 20.5 Å². The first-order valence-electron chi connectivity index (χ1n) is 12.9. The number of ether oxygens (including phenoxy) is 4. The van der Waals surface area contributed by atoms with E-state index in [0.29, 0.717) is 43.8 Å². The van der Waals surface area contributed by atoms with Crippen LogP contribution in [0.3, 0.4) is 0 Å². The average Bonchev–Trinajstić information content (AvgIpc) is 3.72. The summed E-state index contributed by atoms with van der Waals surface area (Å²) >= 11 is 0. The third kappa shape index (κ3) is 4.99. The lowest BCUT2D eigenvalue weighted by Gasteiger charge is -2.16. The van der Waals surface area contributed by atoms with E-state index in [0.717, 1.165) is 44.9 Å². The zero-order valence-corrected chi connectivity index (χ0v) is 22.8. The molecule has 0 saturated carbocycles. The van der Waals surface area contributed by atoms with E-state index in [-0.39, 0.29) is 0 Å². The number of rotatable bonds is 9. The fourth-order valence-corrected chi connectivity index (χ4v) is 4.68. The van der Waals surface area contributed by atoms with Crippen molar-refractivity contribution in [2.45, 2.75) is 26.7 Å². The van der Waals surface area contributed by atoms with Gasteiger partial charge in [0.15, 0.2) is 12.1 Å². The predicted octanol–water partition coefficient (Wildman–Crippen LogP) is 4.13. The summed E-state index contributed by atoms with van der Waals surface area (Å²) in [6, 6.07) is 11.6. The molecule has 1 aromatic carbocycles. The molecule has 0 atom stereocenters. The molecule has 206 valence electrons. The Morgan fingerprint density at radius 3 is 2.65 bits per heavy atom. The van der Waals surface area contributed by atoms with Crippen LogP contribution < -0.4 is 10.1 Å². The van der Waals surface area contributed by atoms with Crippen LogP contribution in [0.15, 0.2) is 48.9 Å². The Kier molecular flexibility index (Phi) is 7.11. The molecular weight excluding hydrogens is 512 g/mol. The van der Waals surface area contributed by atoms with Crippen molar-refractivity contribution in [3.05, 3.63) is 65.9 Å². The van der Waals surface area contributed by atoms with E-state index in [9.17, 15) is 0 Å². The van der Waals surface area contributed by atoms with Gasteiger partial charge in [-0.15, -0.1) is 5.10 Å². The van der Waals surface area contributed by atoms with Gasteiger partial charge in [0, 0.05) is 30.5 Å². The molecule has 40 heavy (non-hydrogen) atoms. The first kappa shape index (κ1) is 25.9. The summed E-state index contributed by atoms with van der Waals surface area (Å²) < 4.78 is 26.4. The highest BCUT2D eigenvalue weighted by atomic mass is 16.7. The van der Waals surface area contributed by atoms with Crippen molar-refractivity contribution in [2.75, 3.05) is 39.4 Å². The SMILES string of the molecule is COCCn1cc(-c2nc(-n3cnc4cc(Nc5ccc(C)nn5)c(OC)cc43)ccc2C2OCCO2)c(C)n1. The maximum absolute atomic E-state index is 5.85. The topological polar surface area (TPSA) is 123 Å². The van der Waals surface area contributed by atoms with Crippen LogP contribution in [0, 0.1) is 13.8 Å². The number of methoxy groups -OCH3 is 2. The number of hydrogen-bond donors (Lipinski definition) is 1. The molecule has 0 unspecified atom stereocenters. The van der Waals surface area contributed by atoms with Crippen LogP contribution in [0.2, 0.25) is 0 Å². The van der Waals surface area contributed by atoms with Crippen LogP contribution in [0.1, 0.15) is 23.2 Å². The van der Waals surface area contributed by atoms with Gasteiger partial charge in [-0.25, -0.2) is 9.97 Å². The quantitative estimate of drug-likeness (QED) is 0.291. The van der Waals surface area contributed by atoms with Gasteiger partial charge in [0.05, 0.1) is 67.3 Å². The zero-order chi connectivity index (χ0) is 27.6. The third-order valence-corrected chi connectivity index (χ3v) is 6.69. The van der Waals surface area contributed by atoms with Crippen LogP contribution >= 0.6 is 0 Å². The average molecular weight is 543 g/mol. The summed E-state index contributed by atoms with van der Waals surface area (Å²) in [7, 11) is 3.31. The lowest BCUT2D eigenvalue weighted by molar-refractivity contribution is -0.0438. The van der Waals surface area contributed by atoms with E-state index in [4.69, 9.17) is 23.9 Å². The number of nitrogens with one attached hydrogen (secondary N) is 1. The summed E-state index contributed by atoms with van der Waals surface area (Å²) in [4.78, 5) is 9.75. The molecule has 1 N–H and O–H groups in total. The molecule has 1 aliphatic rings. The lowest BCUT2D eigenvalue weighted by Crippen LogP contribution is -2.06. The van der Waals surface area contributed by atoms with Gasteiger partial charge in [-0.2, -0.15) is 10.2 Å². The number of hydrogen-bond acceptors (Lipinski definition) is 10. The van der Waals surface area contributed by atoms with Gasteiger partial charge in [-0.1, -0.05) is 0 Å². The number of nitrogens with zero attached hydrogens (tertiary/aromatic N) is 7. The fourth-order valence-electron chi connectivity index (χ4n) is 4.68. The highest BCUT2D eigenvalue weighted by molar-refractivity contribution is 5.86. The van der Waals surface area contributed by atoms with Gasteiger partial charge in [0.25, 0.3) is 0 Å². The summed E-state index contributed by atoms with van der Waals surface area (Å²) in [5.74, 6) is 1.94. The van der Waals surface area contributed by atoms with Gasteiger partial charge >= 0.3 is 0 Å². The molecule has 0 aliphatic carbocycles. The third-order valence-electron chi connectivity index (χ3n) is 6.69. The largest absolute Gasteiger partial charge is 0.494 e. The number of aromatic nitrogens is 7. The maximum Gasteiger partial charge on any atom is 0.186 e. The minimum Gasteiger partial charge on any atom is -0.494 e. The highest BCUT2D eigenvalue weighted by Gasteiger charge is 2.26. The van der Waals surface area contributed by atoms with Gasteiger partial charge in [-0.05, 0) is 44.2 Å². The standard InChI is InChI=1S/C28H30N8O4/c1-17-5-7-25(33-32-17)30-22-13-21-23(14-24(22)38-4)36(16-29-21)26-8-6-19(28-39-11-12-40-28)27(31-26)20-15-35(9-10-37-3)34-18(20)2/h5-8,13-16,28H,9-12H2,1-4H3,(H,30,33). The van der Waals surface area contributed by atoms with Crippen molar-refractivity contribution in [3.8, 4) is 22.8 Å². The normalized spacial score (nSPS) is 13.8. The Morgan fingerprint density at radius 2 is 1.90 bits per heavy atom. The Morgan fingerprint density at radius 1 is 1.05 bits per heavy atom. The Bertz CT molecular complexity index is 1640. The van der Waals surface area contributed by atoms with Gasteiger partial charge in [0.2, 0.25) is 0 Å². The lowest BCUT2D eigenvalue weighted by atomic mass is 10.1. The Balaban J connectivity index is 1.41. The number of anilines is 2. The number of benzene rings is 1. The molecule has 0 bridgehead atoms. The van der Waals surface area contributed by atoms with Crippen LogP contribution in [-0.4, -0.2) is 68.6 Å². The molecule has 12 nitrogen and oxygen atoms in total. The molecule has 12 heteroatoms. The maximum atomic E-state index is 5.85. The van der Waals surface area contributed by atoms with Crippen molar-refractivity contribution in [1.29, 1.82) is 0 Å². The molecule has 4 aromatic heterocycles. The Hall–Kier alpha value is -4.39. The summed E-state index contributed by atoms with van der Waals surface area (Å²) in [5.41, 5.74) is 6.53. The minimum atomic E-state index is -0.489. The molecule has 1 aliphatic heterocycles. The molecule has 5 heterocycles. The first-order chi connectivity index (χ1) is 19.5. The number of imidazole rings is 1. The number of pyridine rings is 1. The second kappa shape index (κ2) is 11.0. The zero-order valence-electron chi connectivity index (χ0n) is 22.8. The van der Waals surface area contributed by atoms with E-state index in [1.807, 2.05) is 65.7 Å². The summed E-state index contributed by atoms with van der Waals surface area (Å²) in [6.45, 7) is 6.14. The second-order valence-electron chi connectivity index (χ2n) is 9.41. The molecular formula is C28H30N8O4. The van der Waals surface area contributed by atoms with Crippen molar-refractivity contribution < 1.29 is 18.9 Å². The predicted molar refractivity (Wildman–Crippen MR) is 148 cm³/mol. The highest BCUT2D eigenvalue weighted by Crippen LogP contribution is 2.36. The first-order valence-corrected chi connectivity index (χ1v) is 12.9. The number of aryl methyl sites for hydroxylation is 2. The van der Waals surface area contributed by atoms with Crippen LogP contribution in [0.5, 0.6) is 5.75 Å². The minimum absolute atomic E-state index is 0.489. The van der Waals surface area contributed by atoms with Gasteiger partial charge in [-0.3, -0.25) is 9.25 Å². The van der Waals surface area contributed by atoms with E-state index < -0.39 is 6.29 Å². The summed E-state index contributed by atoms with van der Waals surface area (Å²) in [5, 5.41) is 16.3. The van der Waals surface area contributed by atoms with Gasteiger partial charge < -0.3 is 24.3 Å². The monoisotopic (exact) mass is 542 g/mol. The molecule has 1 saturated heterocycles. The van der Waals surface area contributed by atoms with Crippen molar-refractivity contribution in [1.82, 2.24) is 34.5 Å².